The molecule has 32 heavy (non-hydrogen) atoms. The topological polar surface area (TPSA) is 59.1 Å². The van der Waals surface area contributed by atoms with Crippen molar-refractivity contribution in [1.29, 1.82) is 0 Å². The first-order valence-corrected chi connectivity index (χ1v) is 10.7. The highest BCUT2D eigenvalue weighted by Gasteiger charge is 2.40. The molecule has 6 nitrogen and oxygen atoms in total. The van der Waals surface area contributed by atoms with Crippen LogP contribution in [0, 0.1) is 5.82 Å². The Bertz CT molecular complexity index is 1080. The van der Waals surface area contributed by atoms with E-state index in [0.717, 1.165) is 17.7 Å². The van der Waals surface area contributed by atoms with Crippen LogP contribution in [0.5, 0.6) is 11.5 Å². The van der Waals surface area contributed by atoms with Crippen LogP contribution in [-0.2, 0) is 16.2 Å². The molecule has 1 heterocycles. The van der Waals surface area contributed by atoms with Crippen LogP contribution in [0.15, 0.2) is 53.7 Å². The van der Waals surface area contributed by atoms with Crippen LogP contribution >= 0.6 is 0 Å². The minimum absolute atomic E-state index is 0.0349. The molecular weight excluding hydrogens is 411 g/mol. The van der Waals surface area contributed by atoms with Gasteiger partial charge in [0.25, 0.3) is 0 Å². The smallest absolute Gasteiger partial charge is 0.242 e. The minimum Gasteiger partial charge on any atom is -0.493 e. The number of rotatable bonds is 6. The summed E-state index contributed by atoms with van der Waals surface area (Å²) in [5, 5.41) is 3.37. The number of carbonyl (C=O) groups excluding carboxylic acids is 2. The number of hydrogen-bond donors (Lipinski definition) is 0. The second-order valence-electron chi connectivity index (χ2n) is 8.24. The molecule has 2 aliphatic rings. The van der Waals surface area contributed by atoms with E-state index < -0.39 is 0 Å². The number of Topliss-reactive ketones (excluding diaryl/α,β-unsaturated/α-hetero) is 1. The maximum Gasteiger partial charge on any atom is 0.242 e. The number of methoxy groups -OCH3 is 1. The van der Waals surface area contributed by atoms with E-state index in [1.165, 1.54) is 13.2 Å². The quantitative estimate of drug-likeness (QED) is 0.676. The molecule has 0 N–H and O–H groups in total. The fourth-order valence-electron chi connectivity index (χ4n) is 4.52. The molecule has 2 aromatic rings. The van der Waals surface area contributed by atoms with E-state index in [9.17, 15) is 14.0 Å². The highest BCUT2D eigenvalue weighted by molar-refractivity contribution is 6.01. The molecule has 4 rings (SSSR count). The first-order chi connectivity index (χ1) is 15.4. The van der Waals surface area contributed by atoms with E-state index in [0.29, 0.717) is 35.5 Å². The average molecular weight is 438 g/mol. The van der Waals surface area contributed by atoms with Gasteiger partial charge in [-0.05, 0) is 36.6 Å². The number of ketones is 1. The summed E-state index contributed by atoms with van der Waals surface area (Å²) in [6, 6.07) is 11.9. The number of hydrogen-bond acceptors (Lipinski definition) is 5. The Hall–Kier alpha value is -3.19. The lowest BCUT2D eigenvalue weighted by molar-refractivity contribution is -0.143. The number of ether oxygens (including phenoxy) is 2. The number of carbonyl (C=O) groups is 2. The highest BCUT2D eigenvalue weighted by Crippen LogP contribution is 2.43. The Labute approximate surface area is 187 Å². The van der Waals surface area contributed by atoms with Crippen molar-refractivity contribution in [1.82, 2.24) is 10.0 Å². The van der Waals surface area contributed by atoms with Gasteiger partial charge >= 0.3 is 0 Å². The summed E-state index contributed by atoms with van der Waals surface area (Å²) in [7, 11) is 5.16. The van der Waals surface area contributed by atoms with Gasteiger partial charge in [0.1, 0.15) is 12.4 Å². The molecule has 7 heteroatoms. The summed E-state index contributed by atoms with van der Waals surface area (Å²) in [4.78, 5) is 25.8. The third-order valence-electron chi connectivity index (χ3n) is 5.98. The third kappa shape index (κ3) is 4.12. The summed E-state index contributed by atoms with van der Waals surface area (Å²) < 4.78 is 25.2. The van der Waals surface area contributed by atoms with Gasteiger partial charge in [-0.2, -0.15) is 0 Å². The number of benzene rings is 2. The van der Waals surface area contributed by atoms with Gasteiger partial charge in [0.15, 0.2) is 17.3 Å². The number of nitrogens with zero attached hydrogens (tertiary/aromatic N) is 2. The Morgan fingerprint density at radius 1 is 1.09 bits per heavy atom. The average Bonchev–Trinajstić information content (AvgIpc) is 2.77. The van der Waals surface area contributed by atoms with Gasteiger partial charge in [-0.25, -0.2) is 14.4 Å². The maximum absolute atomic E-state index is 13.9. The summed E-state index contributed by atoms with van der Waals surface area (Å²) in [6.45, 7) is 0.0654. The van der Waals surface area contributed by atoms with Crippen molar-refractivity contribution in [3.05, 3.63) is 70.7 Å². The Kier molecular flexibility index (Phi) is 6.28. The molecule has 0 fully saturated rings. The van der Waals surface area contributed by atoms with Crippen molar-refractivity contribution in [2.24, 2.45) is 0 Å². The van der Waals surface area contributed by atoms with Gasteiger partial charge < -0.3 is 9.47 Å². The van der Waals surface area contributed by atoms with E-state index in [2.05, 4.69) is 0 Å². The lowest BCUT2D eigenvalue weighted by Gasteiger charge is -2.41. The van der Waals surface area contributed by atoms with E-state index in [4.69, 9.17) is 9.47 Å². The van der Waals surface area contributed by atoms with Gasteiger partial charge in [-0.3, -0.25) is 9.59 Å². The van der Waals surface area contributed by atoms with Gasteiger partial charge in [0, 0.05) is 49.7 Å². The van der Waals surface area contributed by atoms with Crippen molar-refractivity contribution in [2.45, 2.75) is 38.2 Å². The largest absolute Gasteiger partial charge is 0.493 e. The standard InChI is InChI=1S/C25H27FN2O4/c1-27(2)28-20-9-6-10-21(29)25(20)18(14-24(28)30)16-11-12-22(23(13-16)31-3)32-15-17-7-4-5-8-19(17)26/h4-5,7-8,11-13,18H,6,9-10,14-15H2,1-3H3. The predicted octanol–water partition coefficient (Wildman–Crippen LogP) is 4.21. The molecule has 0 aromatic heterocycles. The van der Waals surface area contributed by atoms with Gasteiger partial charge in [-0.1, -0.05) is 24.3 Å². The second-order valence-corrected chi connectivity index (χ2v) is 8.24. The van der Waals surface area contributed by atoms with Crippen LogP contribution in [0.25, 0.3) is 0 Å². The Morgan fingerprint density at radius 2 is 1.88 bits per heavy atom. The van der Waals surface area contributed by atoms with E-state index >= 15 is 0 Å². The summed E-state index contributed by atoms with van der Waals surface area (Å²) in [5.41, 5.74) is 2.79. The van der Waals surface area contributed by atoms with Gasteiger partial charge in [-0.15, -0.1) is 0 Å². The fourth-order valence-corrected chi connectivity index (χ4v) is 4.52. The second kappa shape index (κ2) is 9.12. The summed E-state index contributed by atoms with van der Waals surface area (Å²) in [6.07, 6.45) is 2.14. The SMILES string of the molecule is COc1cc(C2CC(=O)N(N(C)C)C3=C2C(=O)CCC3)ccc1OCc1ccccc1F. The van der Waals surface area contributed by atoms with Crippen molar-refractivity contribution in [3.63, 3.8) is 0 Å². The van der Waals surface area contributed by atoms with Gasteiger partial charge in [0.2, 0.25) is 5.91 Å². The molecule has 1 aliphatic heterocycles. The number of halogens is 1. The molecule has 168 valence electrons. The van der Waals surface area contributed by atoms with E-state index in [-0.39, 0.29) is 36.5 Å². The number of hydrazine groups is 1. The van der Waals surface area contributed by atoms with Crippen LogP contribution in [0.2, 0.25) is 0 Å². The molecule has 2 aromatic carbocycles. The highest BCUT2D eigenvalue weighted by atomic mass is 19.1. The van der Waals surface area contributed by atoms with Crippen molar-refractivity contribution in [2.75, 3.05) is 21.2 Å². The molecule has 1 unspecified atom stereocenters. The Balaban J connectivity index is 1.66. The zero-order valence-corrected chi connectivity index (χ0v) is 18.6. The first kappa shape index (κ1) is 22.0. The van der Waals surface area contributed by atoms with Crippen LogP contribution in [0.4, 0.5) is 4.39 Å². The first-order valence-electron chi connectivity index (χ1n) is 10.7. The van der Waals surface area contributed by atoms with Crippen molar-refractivity contribution in [3.8, 4) is 11.5 Å². The summed E-state index contributed by atoms with van der Waals surface area (Å²) in [5.74, 6) is 0.356. The lowest BCUT2D eigenvalue weighted by atomic mass is 9.77. The van der Waals surface area contributed by atoms with Crippen molar-refractivity contribution < 1.29 is 23.5 Å². The van der Waals surface area contributed by atoms with E-state index in [1.807, 2.05) is 26.2 Å². The molecule has 1 aliphatic carbocycles. The predicted molar refractivity (Wildman–Crippen MR) is 118 cm³/mol. The number of allylic oxidation sites excluding steroid dienone is 2. The van der Waals surface area contributed by atoms with Crippen LogP contribution in [-0.4, -0.2) is 42.9 Å². The Morgan fingerprint density at radius 3 is 2.59 bits per heavy atom. The van der Waals surface area contributed by atoms with Crippen LogP contribution in [0.1, 0.15) is 42.7 Å². The molecule has 0 saturated carbocycles. The van der Waals surface area contributed by atoms with Crippen molar-refractivity contribution >= 4 is 11.7 Å². The van der Waals surface area contributed by atoms with E-state index in [1.54, 1.807) is 34.3 Å². The molecular formula is C25H27FN2O4. The third-order valence-corrected chi connectivity index (χ3v) is 5.98. The maximum atomic E-state index is 13.9. The molecule has 0 radical (unpaired) electrons. The normalized spacial score (nSPS) is 18.8. The molecule has 1 atom stereocenters. The molecule has 0 spiro atoms. The monoisotopic (exact) mass is 438 g/mol. The van der Waals surface area contributed by atoms with Crippen LogP contribution < -0.4 is 9.47 Å². The zero-order valence-electron chi connectivity index (χ0n) is 18.6. The number of amides is 1. The lowest BCUT2D eigenvalue weighted by Crippen LogP contribution is -2.47. The molecule has 0 saturated heterocycles. The van der Waals surface area contributed by atoms with Crippen LogP contribution in [0.3, 0.4) is 0 Å². The summed E-state index contributed by atoms with van der Waals surface area (Å²) >= 11 is 0. The van der Waals surface area contributed by atoms with Gasteiger partial charge in [0.05, 0.1) is 7.11 Å². The fraction of sp³-hybridized carbons (Fsp3) is 0.360. The minimum atomic E-state index is -0.329. The molecule has 1 amide bonds. The zero-order chi connectivity index (χ0) is 22.8. The molecule has 0 bridgehead atoms.